The van der Waals surface area contributed by atoms with Gasteiger partial charge in [0, 0.05) is 19.4 Å². The minimum atomic E-state index is -3.80. The van der Waals surface area contributed by atoms with Crippen LogP contribution in [0.15, 0.2) is 29.2 Å². The molecule has 1 aromatic carbocycles. The number of nitrogens with two attached hydrogens (primary N) is 2. The summed E-state index contributed by atoms with van der Waals surface area (Å²) in [7, 11) is -2.28. The number of anilines is 1. The zero-order valence-electron chi connectivity index (χ0n) is 10.5. The first kappa shape index (κ1) is 15.6. The third-order valence-corrected chi connectivity index (χ3v) is 3.31. The molecule has 0 aromatic heterocycles. The van der Waals surface area contributed by atoms with Gasteiger partial charge in [0.1, 0.15) is 0 Å². The van der Waals surface area contributed by atoms with Gasteiger partial charge in [-0.2, -0.15) is 0 Å². The van der Waals surface area contributed by atoms with Gasteiger partial charge in [0.15, 0.2) is 0 Å². The van der Waals surface area contributed by atoms with Gasteiger partial charge < -0.3 is 15.8 Å². The SMILES string of the molecule is COCCC(N)C(=O)Nc1cccc(S(N)(=O)=O)c1. The highest BCUT2D eigenvalue weighted by molar-refractivity contribution is 7.89. The largest absolute Gasteiger partial charge is 0.385 e. The molecule has 0 bridgehead atoms. The van der Waals surface area contributed by atoms with Gasteiger partial charge in [0.25, 0.3) is 0 Å². The lowest BCUT2D eigenvalue weighted by molar-refractivity contribution is -0.117. The Morgan fingerprint density at radius 1 is 1.47 bits per heavy atom. The molecule has 1 amide bonds. The second-order valence-electron chi connectivity index (χ2n) is 3.95. The Morgan fingerprint density at radius 3 is 2.74 bits per heavy atom. The first-order chi connectivity index (χ1) is 8.84. The topological polar surface area (TPSA) is 125 Å². The Kier molecular flexibility index (Phi) is 5.43. The molecule has 0 spiro atoms. The van der Waals surface area contributed by atoms with Crippen LogP contribution in [0.2, 0.25) is 0 Å². The molecular formula is C11H17N3O4S. The highest BCUT2D eigenvalue weighted by Gasteiger charge is 2.14. The van der Waals surface area contributed by atoms with Crippen molar-refractivity contribution in [2.75, 3.05) is 19.0 Å². The molecule has 1 unspecified atom stereocenters. The third kappa shape index (κ3) is 4.95. The number of hydrogen-bond acceptors (Lipinski definition) is 5. The second-order valence-corrected chi connectivity index (χ2v) is 5.51. The van der Waals surface area contributed by atoms with E-state index in [2.05, 4.69) is 5.32 Å². The molecule has 0 radical (unpaired) electrons. The van der Waals surface area contributed by atoms with E-state index in [0.29, 0.717) is 18.7 Å². The van der Waals surface area contributed by atoms with Crippen molar-refractivity contribution in [3.63, 3.8) is 0 Å². The first-order valence-electron chi connectivity index (χ1n) is 5.53. The smallest absolute Gasteiger partial charge is 0.241 e. The van der Waals surface area contributed by atoms with Crippen LogP contribution in [-0.2, 0) is 19.6 Å². The Hall–Kier alpha value is -1.48. The maximum Gasteiger partial charge on any atom is 0.241 e. The van der Waals surface area contributed by atoms with E-state index in [1.165, 1.54) is 25.3 Å². The van der Waals surface area contributed by atoms with E-state index in [0.717, 1.165) is 0 Å². The lowest BCUT2D eigenvalue weighted by atomic mass is 10.2. The van der Waals surface area contributed by atoms with Crippen LogP contribution in [-0.4, -0.2) is 34.1 Å². The van der Waals surface area contributed by atoms with Crippen molar-refractivity contribution >= 4 is 21.6 Å². The van der Waals surface area contributed by atoms with E-state index in [1.54, 1.807) is 6.07 Å². The van der Waals surface area contributed by atoms with Crippen LogP contribution in [0, 0.1) is 0 Å². The number of carbonyl (C=O) groups excluding carboxylic acids is 1. The molecule has 0 fully saturated rings. The van der Waals surface area contributed by atoms with Crippen molar-refractivity contribution in [1.29, 1.82) is 0 Å². The number of methoxy groups -OCH3 is 1. The lowest BCUT2D eigenvalue weighted by Crippen LogP contribution is -2.36. The summed E-state index contributed by atoms with van der Waals surface area (Å²) in [4.78, 5) is 11.6. The van der Waals surface area contributed by atoms with Crippen LogP contribution >= 0.6 is 0 Å². The lowest BCUT2D eigenvalue weighted by Gasteiger charge is -2.12. The Morgan fingerprint density at radius 2 is 2.16 bits per heavy atom. The third-order valence-electron chi connectivity index (χ3n) is 2.40. The van der Waals surface area contributed by atoms with Gasteiger partial charge in [-0.25, -0.2) is 13.6 Å². The number of hydrogen-bond donors (Lipinski definition) is 3. The average Bonchev–Trinajstić information content (AvgIpc) is 2.35. The molecule has 7 nitrogen and oxygen atoms in total. The van der Waals surface area contributed by atoms with Crippen molar-refractivity contribution in [2.45, 2.75) is 17.4 Å². The number of benzene rings is 1. The van der Waals surface area contributed by atoms with Gasteiger partial charge in [0.05, 0.1) is 10.9 Å². The fraction of sp³-hybridized carbons (Fsp3) is 0.364. The predicted octanol–water partition coefficient (Wildman–Crippen LogP) is -0.364. The minimum Gasteiger partial charge on any atom is -0.385 e. The Balaban J connectivity index is 2.75. The summed E-state index contributed by atoms with van der Waals surface area (Å²) in [5.41, 5.74) is 5.96. The number of amides is 1. The minimum absolute atomic E-state index is 0.0734. The summed E-state index contributed by atoms with van der Waals surface area (Å²) >= 11 is 0. The van der Waals surface area contributed by atoms with Gasteiger partial charge in [-0.3, -0.25) is 4.79 Å². The summed E-state index contributed by atoms with van der Waals surface area (Å²) in [5.74, 6) is -0.413. The Bertz CT molecular complexity index is 545. The Labute approximate surface area is 112 Å². The summed E-state index contributed by atoms with van der Waals surface area (Å²) in [6, 6.07) is 4.93. The van der Waals surface area contributed by atoms with Gasteiger partial charge in [-0.1, -0.05) is 6.07 Å². The number of sulfonamides is 1. The zero-order valence-corrected chi connectivity index (χ0v) is 11.3. The molecule has 1 aromatic rings. The van der Waals surface area contributed by atoms with E-state index in [-0.39, 0.29) is 4.90 Å². The number of primary sulfonamides is 1. The van der Waals surface area contributed by atoms with Crippen molar-refractivity contribution in [1.82, 2.24) is 0 Å². The fourth-order valence-corrected chi connectivity index (χ4v) is 1.92. The maximum absolute atomic E-state index is 11.7. The molecule has 8 heteroatoms. The number of nitrogens with one attached hydrogen (secondary N) is 1. The van der Waals surface area contributed by atoms with E-state index >= 15 is 0 Å². The molecule has 106 valence electrons. The molecule has 1 rings (SSSR count). The number of rotatable bonds is 6. The molecule has 19 heavy (non-hydrogen) atoms. The van der Waals surface area contributed by atoms with Crippen molar-refractivity contribution in [3.05, 3.63) is 24.3 Å². The highest BCUT2D eigenvalue weighted by Crippen LogP contribution is 2.14. The summed E-state index contributed by atoms with van der Waals surface area (Å²) in [5, 5.41) is 7.52. The van der Waals surface area contributed by atoms with Crippen LogP contribution in [0.1, 0.15) is 6.42 Å². The molecular weight excluding hydrogens is 270 g/mol. The highest BCUT2D eigenvalue weighted by atomic mass is 32.2. The van der Waals surface area contributed by atoms with Crippen LogP contribution in [0.4, 0.5) is 5.69 Å². The van der Waals surface area contributed by atoms with Crippen LogP contribution in [0.3, 0.4) is 0 Å². The van der Waals surface area contributed by atoms with Crippen molar-refractivity contribution < 1.29 is 17.9 Å². The predicted molar refractivity (Wildman–Crippen MR) is 70.9 cm³/mol. The first-order valence-corrected chi connectivity index (χ1v) is 7.07. The standard InChI is InChI=1S/C11H17N3O4S/c1-18-6-5-10(12)11(15)14-8-3-2-4-9(7-8)19(13,16)17/h2-4,7,10H,5-6,12H2,1H3,(H,14,15)(H2,13,16,17). The van der Waals surface area contributed by atoms with Crippen LogP contribution in [0.5, 0.6) is 0 Å². The van der Waals surface area contributed by atoms with Gasteiger partial charge in [-0.05, 0) is 24.6 Å². The molecule has 0 aliphatic heterocycles. The summed E-state index contributed by atoms with van der Waals surface area (Å²) < 4.78 is 27.2. The summed E-state index contributed by atoms with van der Waals surface area (Å²) in [6.07, 6.45) is 0.372. The quantitative estimate of drug-likeness (QED) is 0.658. The van der Waals surface area contributed by atoms with Crippen molar-refractivity contribution in [2.24, 2.45) is 10.9 Å². The molecule has 0 heterocycles. The van der Waals surface area contributed by atoms with E-state index < -0.39 is 22.0 Å². The monoisotopic (exact) mass is 287 g/mol. The van der Waals surface area contributed by atoms with Gasteiger partial charge in [-0.15, -0.1) is 0 Å². The normalized spacial score (nSPS) is 13.0. The van der Waals surface area contributed by atoms with E-state index in [4.69, 9.17) is 15.6 Å². The maximum atomic E-state index is 11.7. The zero-order chi connectivity index (χ0) is 14.5. The number of carbonyl (C=O) groups is 1. The fourth-order valence-electron chi connectivity index (χ4n) is 1.36. The van der Waals surface area contributed by atoms with E-state index in [1.807, 2.05) is 0 Å². The van der Waals surface area contributed by atoms with Crippen molar-refractivity contribution in [3.8, 4) is 0 Å². The molecule has 0 saturated heterocycles. The molecule has 1 atom stereocenters. The van der Waals surface area contributed by atoms with Crippen LogP contribution in [0.25, 0.3) is 0 Å². The molecule has 5 N–H and O–H groups in total. The summed E-state index contributed by atoms with van der Waals surface area (Å²) in [6.45, 7) is 0.367. The van der Waals surface area contributed by atoms with Crippen LogP contribution < -0.4 is 16.2 Å². The van der Waals surface area contributed by atoms with Gasteiger partial charge >= 0.3 is 0 Å². The molecule has 0 aliphatic carbocycles. The average molecular weight is 287 g/mol. The number of ether oxygens (including phenoxy) is 1. The van der Waals surface area contributed by atoms with Gasteiger partial charge in [0.2, 0.25) is 15.9 Å². The second kappa shape index (κ2) is 6.62. The van der Waals surface area contributed by atoms with E-state index in [9.17, 15) is 13.2 Å². The molecule has 0 saturated carbocycles. The molecule has 0 aliphatic rings.